The summed E-state index contributed by atoms with van der Waals surface area (Å²) < 4.78 is 10.3. The van der Waals surface area contributed by atoms with Crippen LogP contribution in [0.1, 0.15) is 46.8 Å². The van der Waals surface area contributed by atoms with Gasteiger partial charge >= 0.3 is 5.97 Å². The van der Waals surface area contributed by atoms with Crippen molar-refractivity contribution in [1.82, 2.24) is 0 Å². The van der Waals surface area contributed by atoms with E-state index in [1.165, 1.54) is 0 Å². The summed E-state index contributed by atoms with van der Waals surface area (Å²) in [6, 6.07) is 3.36. The fourth-order valence-electron chi connectivity index (χ4n) is 2.19. The monoisotopic (exact) mass is 252 g/mol. The van der Waals surface area contributed by atoms with Gasteiger partial charge in [-0.1, -0.05) is 13.8 Å². The molecule has 4 heteroatoms. The summed E-state index contributed by atoms with van der Waals surface area (Å²) in [4.78, 5) is 11.1. The first-order valence-corrected chi connectivity index (χ1v) is 5.88. The van der Waals surface area contributed by atoms with Crippen molar-refractivity contribution in [3.8, 4) is 0 Å². The number of carboxylic acid groups (broad SMARTS) is 1. The number of benzene rings is 1. The van der Waals surface area contributed by atoms with Gasteiger partial charge in [0.1, 0.15) is 0 Å². The number of methoxy groups -OCH3 is 2. The van der Waals surface area contributed by atoms with Gasteiger partial charge in [-0.25, -0.2) is 4.79 Å². The number of carboxylic acids is 1. The van der Waals surface area contributed by atoms with Crippen LogP contribution in [0.15, 0.2) is 12.1 Å². The second kappa shape index (κ2) is 6.52. The molecule has 1 aromatic rings. The van der Waals surface area contributed by atoms with Crippen molar-refractivity contribution in [2.45, 2.75) is 33.0 Å². The molecule has 0 fully saturated rings. The Morgan fingerprint density at radius 2 is 1.61 bits per heavy atom. The molecule has 1 rings (SSSR count). The van der Waals surface area contributed by atoms with E-state index in [-0.39, 0.29) is 5.56 Å². The van der Waals surface area contributed by atoms with Crippen molar-refractivity contribution in [2.24, 2.45) is 0 Å². The van der Waals surface area contributed by atoms with Gasteiger partial charge in [-0.15, -0.1) is 0 Å². The first-order chi connectivity index (χ1) is 8.51. The van der Waals surface area contributed by atoms with Crippen LogP contribution in [0, 0.1) is 0 Å². The first-order valence-electron chi connectivity index (χ1n) is 5.88. The van der Waals surface area contributed by atoms with Crippen molar-refractivity contribution in [1.29, 1.82) is 0 Å². The lowest BCUT2D eigenvalue weighted by molar-refractivity contribution is 0.0696. The molecule has 0 aliphatic heterocycles. The van der Waals surface area contributed by atoms with Gasteiger partial charge in [0.2, 0.25) is 0 Å². The lowest BCUT2D eigenvalue weighted by Gasteiger charge is -2.18. The van der Waals surface area contributed by atoms with E-state index in [4.69, 9.17) is 14.6 Å². The Hall–Kier alpha value is -1.39. The van der Waals surface area contributed by atoms with Crippen LogP contribution in [0.3, 0.4) is 0 Å². The molecule has 0 unspecified atom stereocenters. The van der Waals surface area contributed by atoms with Gasteiger partial charge in [-0.05, 0) is 34.7 Å². The summed E-state index contributed by atoms with van der Waals surface area (Å²) in [7, 11) is 3.21. The van der Waals surface area contributed by atoms with Crippen molar-refractivity contribution >= 4 is 5.97 Å². The van der Waals surface area contributed by atoms with E-state index < -0.39 is 5.97 Å². The molecule has 0 atom stereocenters. The van der Waals surface area contributed by atoms with Crippen LogP contribution in [-0.2, 0) is 22.7 Å². The summed E-state index contributed by atoms with van der Waals surface area (Å²) in [6.45, 7) is 4.97. The van der Waals surface area contributed by atoms with E-state index in [0.717, 1.165) is 16.7 Å². The SMILES string of the molecule is COCc1cc(C(=O)O)cc(COC)c1C(C)C. The van der Waals surface area contributed by atoms with Gasteiger partial charge in [-0.2, -0.15) is 0 Å². The molecule has 4 nitrogen and oxygen atoms in total. The molecule has 0 saturated heterocycles. The van der Waals surface area contributed by atoms with Gasteiger partial charge in [-0.3, -0.25) is 0 Å². The van der Waals surface area contributed by atoms with Gasteiger partial charge < -0.3 is 14.6 Å². The van der Waals surface area contributed by atoms with Crippen LogP contribution in [-0.4, -0.2) is 25.3 Å². The molecule has 0 heterocycles. The fourth-order valence-corrected chi connectivity index (χ4v) is 2.19. The largest absolute Gasteiger partial charge is 0.478 e. The van der Waals surface area contributed by atoms with Crippen LogP contribution in [0.4, 0.5) is 0 Å². The molecule has 1 aromatic carbocycles. The minimum atomic E-state index is -0.931. The molecule has 0 radical (unpaired) electrons. The quantitative estimate of drug-likeness (QED) is 0.845. The predicted molar refractivity (Wildman–Crippen MR) is 68.9 cm³/mol. The Morgan fingerprint density at radius 1 is 1.17 bits per heavy atom. The maximum atomic E-state index is 11.1. The Balaban J connectivity index is 3.38. The van der Waals surface area contributed by atoms with Crippen LogP contribution in [0.25, 0.3) is 0 Å². The standard InChI is InChI=1S/C14H20O4/c1-9(2)13-11(7-17-3)5-10(14(15)16)6-12(13)8-18-4/h5-6,9H,7-8H2,1-4H3,(H,15,16). The Morgan fingerprint density at radius 3 is 1.89 bits per heavy atom. The molecule has 0 spiro atoms. The highest BCUT2D eigenvalue weighted by atomic mass is 16.5. The predicted octanol–water partition coefficient (Wildman–Crippen LogP) is 2.80. The fraction of sp³-hybridized carbons (Fsp3) is 0.500. The number of hydrogen-bond donors (Lipinski definition) is 1. The number of rotatable bonds is 6. The number of carbonyl (C=O) groups is 1. The van der Waals surface area contributed by atoms with E-state index in [0.29, 0.717) is 19.1 Å². The summed E-state index contributed by atoms with van der Waals surface area (Å²) in [5, 5.41) is 9.12. The second-order valence-electron chi connectivity index (χ2n) is 4.53. The molecule has 0 aliphatic rings. The molecular weight excluding hydrogens is 232 g/mol. The highest BCUT2D eigenvalue weighted by Gasteiger charge is 2.16. The maximum Gasteiger partial charge on any atom is 0.335 e. The third-order valence-corrected chi connectivity index (χ3v) is 2.78. The Bertz CT molecular complexity index is 397. The normalized spacial score (nSPS) is 10.9. The van der Waals surface area contributed by atoms with Gasteiger partial charge in [0.15, 0.2) is 0 Å². The van der Waals surface area contributed by atoms with Gasteiger partial charge in [0, 0.05) is 14.2 Å². The minimum absolute atomic E-state index is 0.276. The molecule has 100 valence electrons. The second-order valence-corrected chi connectivity index (χ2v) is 4.53. The van der Waals surface area contributed by atoms with E-state index in [1.807, 2.05) is 0 Å². The zero-order valence-corrected chi connectivity index (χ0v) is 11.3. The molecule has 1 N–H and O–H groups in total. The van der Waals surface area contributed by atoms with Crippen LogP contribution >= 0.6 is 0 Å². The van der Waals surface area contributed by atoms with Crippen LogP contribution in [0.5, 0.6) is 0 Å². The third-order valence-electron chi connectivity index (χ3n) is 2.78. The van der Waals surface area contributed by atoms with Gasteiger partial charge in [0.25, 0.3) is 0 Å². The average molecular weight is 252 g/mol. The van der Waals surface area contributed by atoms with Crippen LogP contribution < -0.4 is 0 Å². The molecule has 0 bridgehead atoms. The van der Waals surface area contributed by atoms with E-state index in [9.17, 15) is 4.79 Å². The van der Waals surface area contributed by atoms with Gasteiger partial charge in [0.05, 0.1) is 18.8 Å². The maximum absolute atomic E-state index is 11.1. The number of ether oxygens (including phenoxy) is 2. The van der Waals surface area contributed by atoms with Crippen molar-refractivity contribution < 1.29 is 19.4 Å². The van der Waals surface area contributed by atoms with Crippen molar-refractivity contribution in [3.05, 3.63) is 34.4 Å². The molecule has 0 aliphatic carbocycles. The summed E-state index contributed by atoms with van der Waals surface area (Å²) >= 11 is 0. The third kappa shape index (κ3) is 3.31. The molecule has 0 amide bonds. The van der Waals surface area contributed by atoms with Crippen molar-refractivity contribution in [3.63, 3.8) is 0 Å². The highest BCUT2D eigenvalue weighted by molar-refractivity contribution is 5.88. The number of hydrogen-bond acceptors (Lipinski definition) is 3. The van der Waals surface area contributed by atoms with E-state index in [2.05, 4.69) is 13.8 Å². The smallest absolute Gasteiger partial charge is 0.335 e. The lowest BCUT2D eigenvalue weighted by atomic mass is 9.90. The average Bonchev–Trinajstić information content (AvgIpc) is 2.28. The van der Waals surface area contributed by atoms with Crippen molar-refractivity contribution in [2.75, 3.05) is 14.2 Å². The zero-order chi connectivity index (χ0) is 13.7. The van der Waals surface area contributed by atoms with E-state index >= 15 is 0 Å². The Kier molecular flexibility index (Phi) is 5.31. The summed E-state index contributed by atoms with van der Waals surface area (Å²) in [5.41, 5.74) is 3.22. The number of aromatic carboxylic acids is 1. The summed E-state index contributed by atoms with van der Waals surface area (Å²) in [6.07, 6.45) is 0. The minimum Gasteiger partial charge on any atom is -0.478 e. The lowest BCUT2D eigenvalue weighted by Crippen LogP contribution is -2.08. The van der Waals surface area contributed by atoms with E-state index in [1.54, 1.807) is 26.4 Å². The molecule has 0 saturated carbocycles. The zero-order valence-electron chi connectivity index (χ0n) is 11.3. The highest BCUT2D eigenvalue weighted by Crippen LogP contribution is 2.27. The van der Waals surface area contributed by atoms with Crippen LogP contribution in [0.2, 0.25) is 0 Å². The first kappa shape index (κ1) is 14.7. The molecule has 0 aromatic heterocycles. The topological polar surface area (TPSA) is 55.8 Å². The Labute approximate surface area is 108 Å². The molecule has 18 heavy (non-hydrogen) atoms. The summed E-state index contributed by atoms with van der Waals surface area (Å²) in [5.74, 6) is -0.636. The molecular formula is C14H20O4.